The first-order valence-corrected chi connectivity index (χ1v) is 9.40. The predicted octanol–water partition coefficient (Wildman–Crippen LogP) is 3.70. The molecule has 0 N–H and O–H groups in total. The summed E-state index contributed by atoms with van der Waals surface area (Å²) >= 11 is 2.00. The zero-order valence-electron chi connectivity index (χ0n) is 13.9. The zero-order chi connectivity index (χ0) is 15.5. The fourth-order valence-corrected chi connectivity index (χ4v) is 4.74. The average Bonchev–Trinajstić information content (AvgIpc) is 2.44. The van der Waals surface area contributed by atoms with Crippen LogP contribution in [0.5, 0.6) is 0 Å². The number of ketones is 1. The first kappa shape index (κ1) is 17.3. The standard InChI is InChI=1S/C17H30O3S/c1-5-19-15(16(2,3)4)14(18)13-6-9-20-17(12-13)7-10-21-11-8-17/h13,15H,5-12H2,1-4H3. The SMILES string of the molecule is CCOC(C(=O)C1CCOC2(CCSCC2)C1)C(C)(C)C. The number of rotatable bonds is 4. The summed E-state index contributed by atoms with van der Waals surface area (Å²) in [5.41, 5.74) is -0.167. The van der Waals surface area contributed by atoms with Gasteiger partial charge in [0, 0.05) is 19.1 Å². The third-order valence-corrected chi connectivity index (χ3v) is 5.66. The van der Waals surface area contributed by atoms with Gasteiger partial charge in [-0.15, -0.1) is 0 Å². The zero-order valence-corrected chi connectivity index (χ0v) is 14.8. The Hall–Kier alpha value is -0.0600. The Kier molecular flexibility index (Phi) is 5.77. The van der Waals surface area contributed by atoms with Crippen molar-refractivity contribution < 1.29 is 14.3 Å². The summed E-state index contributed by atoms with van der Waals surface area (Å²) in [5, 5.41) is 0. The van der Waals surface area contributed by atoms with Gasteiger partial charge in [-0.3, -0.25) is 4.79 Å². The van der Waals surface area contributed by atoms with Gasteiger partial charge >= 0.3 is 0 Å². The molecule has 3 nitrogen and oxygen atoms in total. The molecular weight excluding hydrogens is 284 g/mol. The Morgan fingerprint density at radius 2 is 2.05 bits per heavy atom. The van der Waals surface area contributed by atoms with E-state index in [1.165, 1.54) is 0 Å². The molecule has 2 fully saturated rings. The average molecular weight is 314 g/mol. The smallest absolute Gasteiger partial charge is 0.165 e. The van der Waals surface area contributed by atoms with Crippen LogP contribution in [0.4, 0.5) is 0 Å². The number of ether oxygens (including phenoxy) is 2. The van der Waals surface area contributed by atoms with Crippen molar-refractivity contribution in [1.82, 2.24) is 0 Å². The summed E-state index contributed by atoms with van der Waals surface area (Å²) in [6, 6.07) is 0. The number of carbonyl (C=O) groups excluding carboxylic acids is 1. The van der Waals surface area contributed by atoms with Crippen molar-refractivity contribution in [2.24, 2.45) is 11.3 Å². The summed E-state index contributed by atoms with van der Waals surface area (Å²) in [6.45, 7) is 9.57. The molecule has 2 atom stereocenters. The van der Waals surface area contributed by atoms with Crippen molar-refractivity contribution in [2.75, 3.05) is 24.7 Å². The molecule has 0 radical (unpaired) electrons. The lowest BCUT2D eigenvalue weighted by Crippen LogP contribution is -2.48. The lowest BCUT2D eigenvalue weighted by molar-refractivity contribution is -0.154. The molecule has 1 spiro atoms. The number of thioether (sulfide) groups is 1. The lowest BCUT2D eigenvalue weighted by Gasteiger charge is -2.44. The van der Waals surface area contributed by atoms with Crippen LogP contribution < -0.4 is 0 Å². The maximum absolute atomic E-state index is 13.0. The second-order valence-corrected chi connectivity index (χ2v) is 8.66. The van der Waals surface area contributed by atoms with Crippen LogP contribution in [-0.4, -0.2) is 42.2 Å². The van der Waals surface area contributed by atoms with E-state index in [0.29, 0.717) is 12.4 Å². The van der Waals surface area contributed by atoms with Crippen LogP contribution in [0.2, 0.25) is 0 Å². The van der Waals surface area contributed by atoms with Crippen molar-refractivity contribution in [3.63, 3.8) is 0 Å². The van der Waals surface area contributed by atoms with E-state index >= 15 is 0 Å². The molecule has 0 aromatic carbocycles. The quantitative estimate of drug-likeness (QED) is 0.792. The maximum Gasteiger partial charge on any atom is 0.165 e. The molecule has 21 heavy (non-hydrogen) atoms. The highest BCUT2D eigenvalue weighted by atomic mass is 32.2. The molecule has 2 aliphatic rings. The largest absolute Gasteiger partial charge is 0.375 e. The molecule has 2 heterocycles. The van der Waals surface area contributed by atoms with Gasteiger partial charge in [-0.2, -0.15) is 11.8 Å². The summed E-state index contributed by atoms with van der Waals surface area (Å²) in [5.74, 6) is 2.73. The Morgan fingerprint density at radius 1 is 1.38 bits per heavy atom. The van der Waals surface area contributed by atoms with Gasteiger partial charge in [0.25, 0.3) is 0 Å². The van der Waals surface area contributed by atoms with Gasteiger partial charge in [0.05, 0.1) is 5.60 Å². The van der Waals surface area contributed by atoms with E-state index in [0.717, 1.165) is 43.8 Å². The minimum atomic E-state index is -0.291. The number of hydrogen-bond acceptors (Lipinski definition) is 4. The van der Waals surface area contributed by atoms with Crippen LogP contribution in [0.15, 0.2) is 0 Å². The molecule has 2 saturated heterocycles. The number of carbonyl (C=O) groups is 1. The fourth-order valence-electron chi connectivity index (χ4n) is 3.50. The summed E-state index contributed by atoms with van der Waals surface area (Å²) < 4.78 is 11.9. The Balaban J connectivity index is 2.06. The van der Waals surface area contributed by atoms with E-state index in [4.69, 9.17) is 9.47 Å². The number of hydrogen-bond donors (Lipinski definition) is 0. The third kappa shape index (κ3) is 4.23. The summed E-state index contributed by atoms with van der Waals surface area (Å²) in [4.78, 5) is 13.0. The van der Waals surface area contributed by atoms with E-state index in [1.807, 2.05) is 18.7 Å². The van der Waals surface area contributed by atoms with Crippen LogP contribution in [-0.2, 0) is 14.3 Å². The van der Waals surface area contributed by atoms with Gasteiger partial charge in [0.2, 0.25) is 0 Å². The first-order valence-electron chi connectivity index (χ1n) is 8.25. The highest BCUT2D eigenvalue weighted by molar-refractivity contribution is 7.99. The Labute approximate surface area is 133 Å². The molecule has 2 unspecified atom stereocenters. The van der Waals surface area contributed by atoms with E-state index in [2.05, 4.69) is 20.8 Å². The summed E-state index contributed by atoms with van der Waals surface area (Å²) in [6.07, 6.45) is 3.65. The van der Waals surface area contributed by atoms with Crippen LogP contribution in [0, 0.1) is 11.3 Å². The minimum absolute atomic E-state index is 0.0293. The molecule has 0 amide bonds. The second-order valence-electron chi connectivity index (χ2n) is 7.44. The van der Waals surface area contributed by atoms with Gasteiger partial charge in [-0.05, 0) is 49.5 Å². The van der Waals surface area contributed by atoms with Crippen LogP contribution in [0.25, 0.3) is 0 Å². The maximum atomic E-state index is 13.0. The normalized spacial score (nSPS) is 27.5. The van der Waals surface area contributed by atoms with Crippen LogP contribution in [0.3, 0.4) is 0 Å². The van der Waals surface area contributed by atoms with Crippen molar-refractivity contribution in [3.8, 4) is 0 Å². The predicted molar refractivity (Wildman–Crippen MR) is 87.8 cm³/mol. The Bertz CT molecular complexity index is 350. The molecule has 2 aliphatic heterocycles. The monoisotopic (exact) mass is 314 g/mol. The molecule has 0 aromatic heterocycles. The molecule has 0 aliphatic carbocycles. The van der Waals surface area contributed by atoms with Gasteiger partial charge < -0.3 is 9.47 Å². The summed E-state index contributed by atoms with van der Waals surface area (Å²) in [7, 11) is 0. The molecule has 122 valence electrons. The van der Waals surface area contributed by atoms with Crippen molar-refractivity contribution in [3.05, 3.63) is 0 Å². The van der Waals surface area contributed by atoms with Crippen molar-refractivity contribution in [1.29, 1.82) is 0 Å². The highest BCUT2D eigenvalue weighted by Crippen LogP contribution is 2.41. The van der Waals surface area contributed by atoms with E-state index in [-0.39, 0.29) is 23.0 Å². The van der Waals surface area contributed by atoms with Crippen molar-refractivity contribution in [2.45, 2.75) is 65.1 Å². The van der Waals surface area contributed by atoms with Gasteiger partial charge in [0.1, 0.15) is 6.10 Å². The lowest BCUT2D eigenvalue weighted by atomic mass is 9.75. The molecule has 0 bridgehead atoms. The second kappa shape index (κ2) is 7.01. The molecule has 0 saturated carbocycles. The van der Waals surface area contributed by atoms with Crippen LogP contribution >= 0.6 is 11.8 Å². The molecule has 2 rings (SSSR count). The van der Waals surface area contributed by atoms with Crippen LogP contribution in [0.1, 0.15) is 53.4 Å². The fraction of sp³-hybridized carbons (Fsp3) is 0.941. The molecule has 4 heteroatoms. The van der Waals surface area contributed by atoms with E-state index < -0.39 is 0 Å². The topological polar surface area (TPSA) is 35.5 Å². The minimum Gasteiger partial charge on any atom is -0.375 e. The third-order valence-electron chi connectivity index (χ3n) is 4.68. The Morgan fingerprint density at radius 3 is 2.62 bits per heavy atom. The highest BCUT2D eigenvalue weighted by Gasteiger charge is 2.44. The molecular formula is C17H30O3S. The van der Waals surface area contributed by atoms with Crippen molar-refractivity contribution >= 4 is 17.5 Å². The van der Waals surface area contributed by atoms with Gasteiger partial charge in [0.15, 0.2) is 5.78 Å². The molecule has 0 aromatic rings. The number of Topliss-reactive ketones (excluding diaryl/α,β-unsaturated/α-hetero) is 1. The van der Waals surface area contributed by atoms with Gasteiger partial charge in [-0.1, -0.05) is 20.8 Å². The first-order chi connectivity index (χ1) is 9.88. The van der Waals surface area contributed by atoms with Gasteiger partial charge in [-0.25, -0.2) is 0 Å². The van der Waals surface area contributed by atoms with E-state index in [9.17, 15) is 4.79 Å². The van der Waals surface area contributed by atoms with E-state index in [1.54, 1.807) is 0 Å².